The Balaban J connectivity index is 1.65. The van der Waals surface area contributed by atoms with Crippen LogP contribution < -0.4 is 14.8 Å². The maximum absolute atomic E-state index is 14.2. The van der Waals surface area contributed by atoms with Gasteiger partial charge in [0.1, 0.15) is 5.82 Å². The number of nitrogens with zero attached hydrogens (tertiary/aromatic N) is 1. The fourth-order valence-corrected chi connectivity index (χ4v) is 3.17. The SMILES string of the molecule is Cc1cc(C(=O)Nc2ccc3c(c2)OCO3)c(C)n1-c1ccccc1F. The van der Waals surface area contributed by atoms with Gasteiger partial charge in [0.25, 0.3) is 5.91 Å². The van der Waals surface area contributed by atoms with Gasteiger partial charge in [-0.15, -0.1) is 0 Å². The first kappa shape index (κ1) is 16.2. The lowest BCUT2D eigenvalue weighted by atomic mass is 10.2. The summed E-state index contributed by atoms with van der Waals surface area (Å²) in [5.41, 5.74) is 2.97. The molecule has 0 fully saturated rings. The minimum atomic E-state index is -0.336. The molecule has 1 amide bonds. The van der Waals surface area contributed by atoms with Crippen LogP contribution in [0.3, 0.4) is 0 Å². The molecule has 0 bridgehead atoms. The first-order chi connectivity index (χ1) is 12.5. The average molecular weight is 352 g/mol. The van der Waals surface area contributed by atoms with Crippen molar-refractivity contribution in [2.24, 2.45) is 0 Å². The van der Waals surface area contributed by atoms with Gasteiger partial charge in [0.15, 0.2) is 11.5 Å². The minimum absolute atomic E-state index is 0.177. The van der Waals surface area contributed by atoms with Crippen molar-refractivity contribution < 1.29 is 18.7 Å². The van der Waals surface area contributed by atoms with Crippen molar-refractivity contribution in [3.05, 3.63) is 71.3 Å². The molecule has 1 aliphatic rings. The number of nitrogens with one attached hydrogen (secondary N) is 1. The molecule has 3 aromatic rings. The van der Waals surface area contributed by atoms with Crippen LogP contribution in [-0.2, 0) is 0 Å². The Kier molecular flexibility index (Phi) is 3.88. The van der Waals surface area contributed by atoms with Crippen LogP contribution in [0.25, 0.3) is 5.69 Å². The van der Waals surface area contributed by atoms with Crippen LogP contribution in [0.4, 0.5) is 10.1 Å². The Hall–Kier alpha value is -3.28. The standard InChI is InChI=1S/C20H17FN2O3/c1-12-9-15(13(2)23(12)17-6-4-3-5-16(17)21)20(24)22-14-7-8-18-19(10-14)26-11-25-18/h3-10H,11H2,1-2H3,(H,22,24). The molecule has 2 aromatic carbocycles. The zero-order valence-corrected chi connectivity index (χ0v) is 14.4. The number of halogens is 1. The van der Waals surface area contributed by atoms with Crippen LogP contribution in [0.15, 0.2) is 48.5 Å². The molecule has 0 unspecified atom stereocenters. The summed E-state index contributed by atoms with van der Waals surface area (Å²) in [6.45, 7) is 3.82. The van der Waals surface area contributed by atoms with Gasteiger partial charge < -0.3 is 19.4 Å². The number of fused-ring (bicyclic) bond motifs is 1. The van der Waals surface area contributed by atoms with E-state index in [-0.39, 0.29) is 18.5 Å². The summed E-state index contributed by atoms with van der Waals surface area (Å²) in [5.74, 6) is 0.650. The van der Waals surface area contributed by atoms with Crippen LogP contribution in [0.2, 0.25) is 0 Å². The van der Waals surface area contributed by atoms with Crippen LogP contribution in [0.1, 0.15) is 21.7 Å². The molecule has 1 aromatic heterocycles. The number of carbonyl (C=O) groups excluding carboxylic acids is 1. The summed E-state index contributed by atoms with van der Waals surface area (Å²) >= 11 is 0. The Morgan fingerprint density at radius 2 is 1.85 bits per heavy atom. The Labute approximate surface area is 150 Å². The molecule has 1 N–H and O–H groups in total. The van der Waals surface area contributed by atoms with Crippen molar-refractivity contribution in [3.8, 4) is 17.2 Å². The van der Waals surface area contributed by atoms with E-state index in [2.05, 4.69) is 5.32 Å². The zero-order valence-electron chi connectivity index (χ0n) is 14.4. The van der Waals surface area contributed by atoms with E-state index in [0.29, 0.717) is 34.1 Å². The lowest BCUT2D eigenvalue weighted by Crippen LogP contribution is -2.13. The molecule has 0 aliphatic carbocycles. The lowest BCUT2D eigenvalue weighted by Gasteiger charge is -2.11. The molecule has 0 spiro atoms. The van der Waals surface area contributed by atoms with Crippen LogP contribution in [-0.4, -0.2) is 17.3 Å². The second kappa shape index (κ2) is 6.22. The predicted molar refractivity (Wildman–Crippen MR) is 95.7 cm³/mol. The highest BCUT2D eigenvalue weighted by Crippen LogP contribution is 2.34. The molecular weight excluding hydrogens is 335 g/mol. The van der Waals surface area contributed by atoms with Crippen LogP contribution in [0.5, 0.6) is 11.5 Å². The molecule has 0 saturated carbocycles. The molecule has 0 saturated heterocycles. The third-order valence-electron chi connectivity index (χ3n) is 4.40. The Bertz CT molecular complexity index is 1010. The van der Waals surface area contributed by atoms with E-state index >= 15 is 0 Å². The summed E-state index contributed by atoms with van der Waals surface area (Å²) in [7, 11) is 0. The molecule has 0 radical (unpaired) electrons. The molecule has 1 aliphatic heterocycles. The fourth-order valence-electron chi connectivity index (χ4n) is 3.17. The number of carbonyl (C=O) groups is 1. The number of hydrogen-bond acceptors (Lipinski definition) is 3. The van der Waals surface area contributed by atoms with Gasteiger partial charge in [0.05, 0.1) is 11.3 Å². The first-order valence-electron chi connectivity index (χ1n) is 8.19. The zero-order chi connectivity index (χ0) is 18.3. The largest absolute Gasteiger partial charge is 0.454 e. The van der Waals surface area contributed by atoms with E-state index in [4.69, 9.17) is 9.47 Å². The van der Waals surface area contributed by atoms with Crippen molar-refractivity contribution in [3.63, 3.8) is 0 Å². The molecule has 2 heterocycles. The van der Waals surface area contributed by atoms with Gasteiger partial charge in [0, 0.05) is 23.1 Å². The van der Waals surface area contributed by atoms with Crippen molar-refractivity contribution >= 4 is 11.6 Å². The number of benzene rings is 2. The first-order valence-corrected chi connectivity index (χ1v) is 8.19. The van der Waals surface area contributed by atoms with Gasteiger partial charge in [-0.3, -0.25) is 4.79 Å². The van der Waals surface area contributed by atoms with Gasteiger partial charge in [-0.05, 0) is 44.2 Å². The maximum Gasteiger partial charge on any atom is 0.257 e. The number of amides is 1. The van der Waals surface area contributed by atoms with Crippen molar-refractivity contribution in [2.45, 2.75) is 13.8 Å². The molecule has 6 heteroatoms. The Morgan fingerprint density at radius 3 is 2.65 bits per heavy atom. The second-order valence-electron chi connectivity index (χ2n) is 6.09. The van der Waals surface area contributed by atoms with E-state index in [1.165, 1.54) is 6.07 Å². The minimum Gasteiger partial charge on any atom is -0.454 e. The van der Waals surface area contributed by atoms with E-state index in [9.17, 15) is 9.18 Å². The monoisotopic (exact) mass is 352 g/mol. The highest BCUT2D eigenvalue weighted by molar-refractivity contribution is 6.05. The molecule has 26 heavy (non-hydrogen) atoms. The topological polar surface area (TPSA) is 52.5 Å². The van der Waals surface area contributed by atoms with Gasteiger partial charge in [-0.2, -0.15) is 0 Å². The van der Waals surface area contributed by atoms with Crippen molar-refractivity contribution in [1.29, 1.82) is 0 Å². The molecule has 5 nitrogen and oxygen atoms in total. The summed E-state index contributed by atoms with van der Waals surface area (Å²) in [6, 6.07) is 13.5. The maximum atomic E-state index is 14.2. The number of aryl methyl sites for hydroxylation is 1. The highest BCUT2D eigenvalue weighted by atomic mass is 19.1. The number of anilines is 1. The van der Waals surface area contributed by atoms with Crippen LogP contribution in [0, 0.1) is 19.7 Å². The smallest absolute Gasteiger partial charge is 0.257 e. The number of hydrogen-bond donors (Lipinski definition) is 1. The van der Waals surface area contributed by atoms with E-state index < -0.39 is 0 Å². The summed E-state index contributed by atoms with van der Waals surface area (Å²) < 4.78 is 26.5. The van der Waals surface area contributed by atoms with Crippen molar-refractivity contribution in [2.75, 3.05) is 12.1 Å². The van der Waals surface area contributed by atoms with Gasteiger partial charge in [-0.25, -0.2) is 4.39 Å². The number of rotatable bonds is 3. The average Bonchev–Trinajstić information content (AvgIpc) is 3.19. The highest BCUT2D eigenvalue weighted by Gasteiger charge is 2.19. The number of aromatic nitrogens is 1. The fraction of sp³-hybridized carbons (Fsp3) is 0.150. The predicted octanol–water partition coefficient (Wildman–Crippen LogP) is 4.21. The molecule has 132 valence electrons. The van der Waals surface area contributed by atoms with E-state index in [1.807, 2.05) is 6.92 Å². The number of ether oxygens (including phenoxy) is 2. The van der Waals surface area contributed by atoms with E-state index in [1.54, 1.807) is 54.0 Å². The second-order valence-corrected chi connectivity index (χ2v) is 6.09. The summed E-state index contributed by atoms with van der Waals surface area (Å²) in [5, 5.41) is 2.85. The quantitative estimate of drug-likeness (QED) is 0.768. The third kappa shape index (κ3) is 2.69. The van der Waals surface area contributed by atoms with Crippen LogP contribution >= 0.6 is 0 Å². The van der Waals surface area contributed by atoms with Crippen molar-refractivity contribution in [1.82, 2.24) is 4.57 Å². The number of para-hydroxylation sites is 1. The van der Waals surface area contributed by atoms with Gasteiger partial charge in [-0.1, -0.05) is 12.1 Å². The van der Waals surface area contributed by atoms with Gasteiger partial charge in [0.2, 0.25) is 6.79 Å². The summed E-state index contributed by atoms with van der Waals surface area (Å²) in [6.07, 6.45) is 0. The molecular formula is C20H17FN2O3. The van der Waals surface area contributed by atoms with Gasteiger partial charge >= 0.3 is 0 Å². The normalized spacial score (nSPS) is 12.3. The van der Waals surface area contributed by atoms with E-state index in [0.717, 1.165) is 5.69 Å². The summed E-state index contributed by atoms with van der Waals surface area (Å²) in [4.78, 5) is 12.7. The Morgan fingerprint density at radius 1 is 1.08 bits per heavy atom. The molecule has 4 rings (SSSR count). The third-order valence-corrected chi connectivity index (χ3v) is 4.40. The lowest BCUT2D eigenvalue weighted by molar-refractivity contribution is 0.102. The molecule has 0 atom stereocenters.